The Morgan fingerprint density at radius 1 is 0.778 bits per heavy atom. The maximum atomic E-state index is 8.67. The summed E-state index contributed by atoms with van der Waals surface area (Å²) in [4.78, 5) is 0. The Morgan fingerprint density at radius 3 is 0.778 bits per heavy atom. The van der Waals surface area contributed by atoms with E-state index in [2.05, 4.69) is 0 Å². The van der Waals surface area contributed by atoms with Crippen molar-refractivity contribution in [1.82, 2.24) is 0 Å². The normalized spacial score (nSPS) is 5.56. The molecule has 0 unspecified atom stereocenters. The van der Waals surface area contributed by atoms with Crippen molar-refractivity contribution < 1.29 is 53.6 Å². The zero-order valence-corrected chi connectivity index (χ0v) is 10.6. The molecular weight excluding hydrogens is 405 g/mol. The van der Waals surface area contributed by atoms with Crippen molar-refractivity contribution in [1.29, 1.82) is 0 Å². The predicted octanol–water partition coefficient (Wildman–Crippen LogP) is -1.98. The molecule has 2 N–H and O–H groups in total. The molecule has 9 heavy (non-hydrogen) atoms. The van der Waals surface area contributed by atoms with Gasteiger partial charge in [-0.2, -0.15) is 0 Å². The number of rotatable bonds is 0. The molecular formula is H2O6PbV2. The van der Waals surface area contributed by atoms with Gasteiger partial charge in [-0.15, -0.1) is 0 Å². The maximum Gasteiger partial charge on any atom is 0 e. The third kappa shape index (κ3) is 327. The summed E-state index contributed by atoms with van der Waals surface area (Å²) >= 11 is -7.38. The molecule has 0 aromatic heterocycles. The van der Waals surface area contributed by atoms with Gasteiger partial charge < -0.3 is 0 Å². The fraction of sp³-hybridized carbons (Fsp3) is 0. The van der Waals surface area contributed by atoms with E-state index in [1.54, 1.807) is 0 Å². The fourth-order valence-corrected chi connectivity index (χ4v) is 0. The Labute approximate surface area is 80.1 Å². The van der Waals surface area contributed by atoms with Gasteiger partial charge in [0.15, 0.2) is 0 Å². The van der Waals surface area contributed by atoms with Crippen LogP contribution in [0.4, 0.5) is 0 Å². The van der Waals surface area contributed by atoms with Crippen LogP contribution in [0.3, 0.4) is 0 Å². The minimum Gasteiger partial charge on any atom is 0 e. The molecule has 0 aliphatic carbocycles. The second-order valence-electron chi connectivity index (χ2n) is 0.476. The summed E-state index contributed by atoms with van der Waals surface area (Å²) < 4.78 is 48.9. The molecule has 6 nitrogen and oxygen atoms in total. The second-order valence-corrected chi connectivity index (χ2v) is 1.96. The standard InChI is InChI=1S/2H2O.4O.Pb.2V/h2*1H2;;;;;;;/q;;;;;;;2*+1/p-2. The van der Waals surface area contributed by atoms with Gasteiger partial charge in [-0.25, -0.2) is 0 Å². The van der Waals surface area contributed by atoms with Crippen molar-refractivity contribution in [2.75, 3.05) is 0 Å². The summed E-state index contributed by atoms with van der Waals surface area (Å²) in [6.45, 7) is 0. The fourth-order valence-electron chi connectivity index (χ4n) is 0. The van der Waals surface area contributed by atoms with Crippen LogP contribution in [-0.2, 0) is 45.5 Å². The largest absolute Gasteiger partial charge is 0 e. The first-order valence-corrected chi connectivity index (χ1v) is 4.66. The molecule has 0 fully saturated rings. The average Bonchev–Trinajstić information content (AvgIpc) is 1.25. The summed E-state index contributed by atoms with van der Waals surface area (Å²) in [6.07, 6.45) is 0. The van der Waals surface area contributed by atoms with Gasteiger partial charge in [-0.3, -0.25) is 0 Å². The summed E-state index contributed by atoms with van der Waals surface area (Å²) in [5, 5.41) is 0. The Balaban J connectivity index is -0.0000000720. The molecule has 0 atom stereocenters. The van der Waals surface area contributed by atoms with E-state index in [0.29, 0.717) is 0 Å². The van der Waals surface area contributed by atoms with Gasteiger partial charge >= 0.3 is 53.6 Å². The second kappa shape index (κ2) is 11.9. The molecule has 0 saturated carbocycles. The van der Waals surface area contributed by atoms with Gasteiger partial charge in [-0.1, -0.05) is 0 Å². The summed E-state index contributed by atoms with van der Waals surface area (Å²) in [7, 11) is 0. The van der Waals surface area contributed by atoms with Gasteiger partial charge in [0.25, 0.3) is 0 Å². The van der Waals surface area contributed by atoms with Crippen molar-refractivity contribution in [2.24, 2.45) is 0 Å². The van der Waals surface area contributed by atoms with Gasteiger partial charge in [0.05, 0.1) is 0 Å². The van der Waals surface area contributed by atoms with Crippen LogP contribution in [0.2, 0.25) is 0 Å². The Bertz CT molecular complexity index is 128. The first-order valence-electron chi connectivity index (χ1n) is 1.13. The molecule has 4 radical (unpaired) electrons. The number of hydrogen-bond acceptors (Lipinski definition) is 4. The van der Waals surface area contributed by atoms with Gasteiger partial charge in [-0.05, 0) is 0 Å². The maximum absolute atomic E-state index is 8.67. The first kappa shape index (κ1) is 16.7. The van der Waals surface area contributed by atoms with Crippen LogP contribution in [-0.4, -0.2) is 35.4 Å². The molecule has 0 amide bonds. The third-order valence-corrected chi connectivity index (χ3v) is 0. The van der Waals surface area contributed by atoms with Crippen LogP contribution in [0.25, 0.3) is 0 Å². The van der Waals surface area contributed by atoms with Crippen LogP contribution in [0.1, 0.15) is 0 Å². The van der Waals surface area contributed by atoms with Crippen molar-refractivity contribution >= 4 is 27.3 Å². The molecule has 0 rings (SSSR count). The van der Waals surface area contributed by atoms with Crippen molar-refractivity contribution in [2.45, 2.75) is 0 Å². The molecule has 0 bridgehead atoms. The SMILES string of the molecule is [O]=[V](=[O])[OH].[O]=[V](=[O])[OH].[Pb]. The summed E-state index contributed by atoms with van der Waals surface area (Å²) in [5.74, 6) is 0. The first-order chi connectivity index (χ1) is 3.46. The van der Waals surface area contributed by atoms with E-state index in [4.69, 9.17) is 22.8 Å². The number of hydrogen-bond donors (Lipinski definition) is 2. The Morgan fingerprint density at radius 2 is 0.778 bits per heavy atom. The Kier molecular flexibility index (Phi) is 22.1. The smallest absolute Gasteiger partial charge is 0 e. The molecule has 0 aromatic rings. The summed E-state index contributed by atoms with van der Waals surface area (Å²) in [5.41, 5.74) is 0. The molecule has 0 spiro atoms. The zero-order chi connectivity index (χ0) is 7.15. The van der Waals surface area contributed by atoms with Gasteiger partial charge in [0.2, 0.25) is 0 Å². The van der Waals surface area contributed by atoms with Crippen LogP contribution >= 0.6 is 0 Å². The van der Waals surface area contributed by atoms with Crippen molar-refractivity contribution in [3.8, 4) is 0 Å². The van der Waals surface area contributed by atoms with Crippen LogP contribution in [0, 0.1) is 0 Å². The Hall–Kier alpha value is 1.21. The monoisotopic (exact) mass is 408 g/mol. The van der Waals surface area contributed by atoms with Crippen molar-refractivity contribution in [3.63, 3.8) is 0 Å². The van der Waals surface area contributed by atoms with E-state index in [1.807, 2.05) is 0 Å². The topological polar surface area (TPSA) is 109 Å². The third-order valence-electron chi connectivity index (χ3n) is 0. The summed E-state index contributed by atoms with van der Waals surface area (Å²) in [6, 6.07) is 0. The van der Waals surface area contributed by atoms with Crippen LogP contribution in [0.15, 0.2) is 0 Å². The molecule has 0 heterocycles. The van der Waals surface area contributed by atoms with Gasteiger partial charge in [0.1, 0.15) is 0 Å². The molecule has 0 saturated heterocycles. The molecule has 0 aromatic carbocycles. The minimum atomic E-state index is -3.69. The molecule has 0 aliphatic heterocycles. The zero-order valence-electron chi connectivity index (χ0n) is 3.92. The quantitative estimate of drug-likeness (QED) is 0.451. The minimum absolute atomic E-state index is 0. The van der Waals surface area contributed by atoms with E-state index in [9.17, 15) is 0 Å². The van der Waals surface area contributed by atoms with E-state index < -0.39 is 30.8 Å². The van der Waals surface area contributed by atoms with Crippen molar-refractivity contribution in [3.05, 3.63) is 0 Å². The van der Waals surface area contributed by atoms with E-state index in [-0.39, 0.29) is 27.3 Å². The van der Waals surface area contributed by atoms with Crippen LogP contribution in [0.5, 0.6) is 0 Å². The molecule has 0 aliphatic rings. The van der Waals surface area contributed by atoms with Crippen LogP contribution < -0.4 is 0 Å². The predicted molar refractivity (Wildman–Crippen MR) is 12.9 cm³/mol. The average molecular weight is 407 g/mol. The molecule has 9 heteroatoms. The van der Waals surface area contributed by atoms with E-state index >= 15 is 0 Å². The van der Waals surface area contributed by atoms with E-state index in [1.165, 1.54) is 0 Å². The molecule has 52 valence electrons. The van der Waals surface area contributed by atoms with Gasteiger partial charge in [0, 0.05) is 27.3 Å². The van der Waals surface area contributed by atoms with E-state index in [0.717, 1.165) is 0 Å².